The van der Waals surface area contributed by atoms with Crippen molar-refractivity contribution in [1.29, 1.82) is 0 Å². The van der Waals surface area contributed by atoms with E-state index in [2.05, 4.69) is 39.8 Å². The van der Waals surface area contributed by atoms with Crippen LogP contribution in [0.1, 0.15) is 72.6 Å². The van der Waals surface area contributed by atoms with E-state index < -0.39 is 0 Å². The SMILES string of the molecule is CC(C)CC1(O)CCC1.CC(C)CC1C=CCC1. The van der Waals surface area contributed by atoms with Gasteiger partial charge in [0.05, 0.1) is 5.60 Å². The van der Waals surface area contributed by atoms with E-state index >= 15 is 0 Å². The molecule has 1 atom stereocenters. The molecule has 2 aliphatic rings. The van der Waals surface area contributed by atoms with Crippen molar-refractivity contribution >= 4 is 0 Å². The fourth-order valence-electron chi connectivity index (χ4n) is 3.05. The summed E-state index contributed by atoms with van der Waals surface area (Å²) in [5, 5.41) is 9.58. The third-order valence-electron chi connectivity index (χ3n) is 3.96. The van der Waals surface area contributed by atoms with Gasteiger partial charge < -0.3 is 5.11 Å². The Bertz CT molecular complexity index is 248. The first-order valence-electron chi connectivity index (χ1n) is 7.80. The highest BCUT2D eigenvalue weighted by Crippen LogP contribution is 2.36. The lowest BCUT2D eigenvalue weighted by Gasteiger charge is -2.37. The maximum atomic E-state index is 9.58. The van der Waals surface area contributed by atoms with Gasteiger partial charge in [0.15, 0.2) is 0 Å². The fraction of sp³-hybridized carbons (Fsp3) is 0.882. The molecule has 0 aromatic carbocycles. The summed E-state index contributed by atoms with van der Waals surface area (Å²) >= 11 is 0. The quantitative estimate of drug-likeness (QED) is 0.702. The lowest BCUT2D eigenvalue weighted by Crippen LogP contribution is -2.37. The second kappa shape index (κ2) is 7.33. The van der Waals surface area contributed by atoms with Crippen LogP contribution in [0.2, 0.25) is 0 Å². The average molecular weight is 252 g/mol. The van der Waals surface area contributed by atoms with Gasteiger partial charge in [0.2, 0.25) is 0 Å². The molecule has 1 saturated carbocycles. The summed E-state index contributed by atoms with van der Waals surface area (Å²) in [6, 6.07) is 0. The fourth-order valence-corrected chi connectivity index (χ4v) is 3.05. The zero-order chi connectivity index (χ0) is 13.6. The molecule has 0 aromatic heterocycles. The Balaban J connectivity index is 0.000000180. The van der Waals surface area contributed by atoms with E-state index in [1.807, 2.05) is 0 Å². The number of hydrogen-bond donors (Lipinski definition) is 1. The van der Waals surface area contributed by atoms with Gasteiger partial charge >= 0.3 is 0 Å². The Kier molecular flexibility index (Phi) is 6.42. The monoisotopic (exact) mass is 252 g/mol. The van der Waals surface area contributed by atoms with E-state index in [4.69, 9.17) is 0 Å². The van der Waals surface area contributed by atoms with Gasteiger partial charge in [-0.3, -0.25) is 0 Å². The molecule has 1 unspecified atom stereocenters. The van der Waals surface area contributed by atoms with Crippen LogP contribution in [0.3, 0.4) is 0 Å². The van der Waals surface area contributed by atoms with Crippen molar-refractivity contribution in [1.82, 2.24) is 0 Å². The van der Waals surface area contributed by atoms with Gasteiger partial charge in [0.1, 0.15) is 0 Å². The normalized spacial score (nSPS) is 24.9. The van der Waals surface area contributed by atoms with Gasteiger partial charge in [0, 0.05) is 0 Å². The van der Waals surface area contributed by atoms with Crippen LogP contribution in [-0.2, 0) is 0 Å². The molecule has 0 aromatic rings. The minimum atomic E-state index is -0.256. The van der Waals surface area contributed by atoms with Crippen LogP contribution in [0, 0.1) is 17.8 Å². The molecule has 0 amide bonds. The zero-order valence-electron chi connectivity index (χ0n) is 12.8. The minimum absolute atomic E-state index is 0.256. The molecule has 2 aliphatic carbocycles. The molecular formula is C17H32O. The minimum Gasteiger partial charge on any atom is -0.390 e. The van der Waals surface area contributed by atoms with Crippen LogP contribution in [0.15, 0.2) is 12.2 Å². The molecule has 18 heavy (non-hydrogen) atoms. The molecule has 1 N–H and O–H groups in total. The highest BCUT2D eigenvalue weighted by molar-refractivity contribution is 4.96. The van der Waals surface area contributed by atoms with E-state index in [1.54, 1.807) is 0 Å². The zero-order valence-corrected chi connectivity index (χ0v) is 12.8. The summed E-state index contributed by atoms with van der Waals surface area (Å²) in [4.78, 5) is 0. The Morgan fingerprint density at radius 3 is 2.11 bits per heavy atom. The van der Waals surface area contributed by atoms with E-state index in [0.29, 0.717) is 5.92 Å². The van der Waals surface area contributed by atoms with E-state index in [0.717, 1.165) is 31.1 Å². The molecule has 1 heteroatoms. The van der Waals surface area contributed by atoms with E-state index in [1.165, 1.54) is 25.7 Å². The van der Waals surface area contributed by atoms with Gasteiger partial charge in [0.25, 0.3) is 0 Å². The highest BCUT2D eigenvalue weighted by atomic mass is 16.3. The molecule has 106 valence electrons. The Morgan fingerprint density at radius 2 is 1.83 bits per heavy atom. The van der Waals surface area contributed by atoms with Crippen LogP contribution < -0.4 is 0 Å². The lowest BCUT2D eigenvalue weighted by atomic mass is 9.75. The summed E-state index contributed by atoms with van der Waals surface area (Å²) in [5.41, 5.74) is -0.256. The smallest absolute Gasteiger partial charge is 0.0650 e. The van der Waals surface area contributed by atoms with Crippen molar-refractivity contribution in [3.63, 3.8) is 0 Å². The first-order valence-corrected chi connectivity index (χ1v) is 7.80. The van der Waals surface area contributed by atoms with E-state index in [9.17, 15) is 5.11 Å². The third-order valence-corrected chi connectivity index (χ3v) is 3.96. The molecule has 0 saturated heterocycles. The van der Waals surface area contributed by atoms with Gasteiger partial charge in [-0.05, 0) is 62.7 Å². The van der Waals surface area contributed by atoms with Gasteiger partial charge in [-0.15, -0.1) is 0 Å². The number of hydrogen-bond acceptors (Lipinski definition) is 1. The van der Waals surface area contributed by atoms with Crippen LogP contribution >= 0.6 is 0 Å². The summed E-state index contributed by atoms with van der Waals surface area (Å²) in [5.74, 6) is 2.43. The van der Waals surface area contributed by atoms with Crippen LogP contribution in [0.25, 0.3) is 0 Å². The molecule has 0 aliphatic heterocycles. The summed E-state index contributed by atoms with van der Waals surface area (Å²) in [7, 11) is 0. The Morgan fingerprint density at radius 1 is 1.17 bits per heavy atom. The number of aliphatic hydroxyl groups is 1. The molecule has 0 bridgehead atoms. The maximum absolute atomic E-state index is 9.58. The van der Waals surface area contributed by atoms with Crippen LogP contribution in [0.4, 0.5) is 0 Å². The predicted molar refractivity (Wildman–Crippen MR) is 79.6 cm³/mol. The lowest BCUT2D eigenvalue weighted by molar-refractivity contribution is -0.0493. The summed E-state index contributed by atoms with van der Waals surface area (Å²) in [6.07, 6.45) is 13.1. The van der Waals surface area contributed by atoms with Crippen LogP contribution in [-0.4, -0.2) is 10.7 Å². The standard InChI is InChI=1S/C9H16.C8H16O/c1-8(2)7-9-5-3-4-6-9;1-7(2)6-8(9)4-3-5-8/h3,5,8-9H,4,6-7H2,1-2H3;7,9H,3-6H2,1-2H3. The molecule has 0 heterocycles. The topological polar surface area (TPSA) is 20.2 Å². The Labute approximate surface area is 114 Å². The summed E-state index contributed by atoms with van der Waals surface area (Å²) in [6.45, 7) is 8.92. The van der Waals surface area contributed by atoms with Gasteiger partial charge in [-0.25, -0.2) is 0 Å². The van der Waals surface area contributed by atoms with Crippen molar-refractivity contribution in [2.45, 2.75) is 78.2 Å². The predicted octanol–water partition coefficient (Wildman–Crippen LogP) is 4.95. The Hall–Kier alpha value is -0.300. The van der Waals surface area contributed by atoms with Crippen molar-refractivity contribution in [2.24, 2.45) is 17.8 Å². The van der Waals surface area contributed by atoms with Crippen LogP contribution in [0.5, 0.6) is 0 Å². The highest BCUT2D eigenvalue weighted by Gasteiger charge is 2.34. The second-order valence-electron chi connectivity index (χ2n) is 7.07. The molecule has 0 radical (unpaired) electrons. The maximum Gasteiger partial charge on any atom is 0.0650 e. The number of allylic oxidation sites excluding steroid dienone is 2. The van der Waals surface area contributed by atoms with Crippen molar-refractivity contribution in [2.75, 3.05) is 0 Å². The molecule has 2 rings (SSSR count). The second-order valence-corrected chi connectivity index (χ2v) is 7.07. The van der Waals surface area contributed by atoms with Gasteiger partial charge in [-0.1, -0.05) is 39.8 Å². The number of rotatable bonds is 4. The van der Waals surface area contributed by atoms with Crippen molar-refractivity contribution in [3.05, 3.63) is 12.2 Å². The molecule has 0 spiro atoms. The molecule has 1 fully saturated rings. The first kappa shape index (κ1) is 15.8. The summed E-state index contributed by atoms with van der Waals surface area (Å²) < 4.78 is 0. The third kappa shape index (κ3) is 6.04. The first-order chi connectivity index (χ1) is 8.41. The molecule has 1 nitrogen and oxygen atoms in total. The average Bonchev–Trinajstić information content (AvgIpc) is 2.67. The van der Waals surface area contributed by atoms with Crippen molar-refractivity contribution < 1.29 is 5.11 Å². The van der Waals surface area contributed by atoms with Gasteiger partial charge in [-0.2, -0.15) is 0 Å². The van der Waals surface area contributed by atoms with E-state index in [-0.39, 0.29) is 5.60 Å². The molecular weight excluding hydrogens is 220 g/mol. The van der Waals surface area contributed by atoms with Crippen molar-refractivity contribution in [3.8, 4) is 0 Å². The largest absolute Gasteiger partial charge is 0.390 e.